The summed E-state index contributed by atoms with van der Waals surface area (Å²) in [6.45, 7) is 6.44. The van der Waals surface area contributed by atoms with Gasteiger partial charge < -0.3 is 20.2 Å². The topological polar surface area (TPSA) is 55.8 Å². The lowest BCUT2D eigenvalue weighted by molar-refractivity contribution is 0.132. The number of carbonyl (C=O) groups is 1. The van der Waals surface area contributed by atoms with Crippen molar-refractivity contribution in [1.82, 2.24) is 15.1 Å². The fraction of sp³-hybridized carbons (Fsp3) is 0.933. The Morgan fingerprint density at radius 1 is 1.25 bits per heavy atom. The zero-order valence-corrected chi connectivity index (χ0v) is 12.7. The molecule has 2 fully saturated rings. The van der Waals surface area contributed by atoms with Gasteiger partial charge in [0.05, 0.1) is 0 Å². The molecule has 1 atom stereocenters. The average Bonchev–Trinajstić information content (AvgIpc) is 2.99. The first-order chi connectivity index (χ1) is 9.70. The molecule has 5 heteroatoms. The first-order valence-corrected chi connectivity index (χ1v) is 8.11. The molecule has 2 amide bonds. The first kappa shape index (κ1) is 15.6. The molecule has 0 radical (unpaired) electrons. The number of hydrogen-bond donors (Lipinski definition) is 2. The van der Waals surface area contributed by atoms with E-state index in [4.69, 9.17) is 5.11 Å². The van der Waals surface area contributed by atoms with Crippen LogP contribution in [0.25, 0.3) is 0 Å². The predicted octanol–water partition coefficient (Wildman–Crippen LogP) is 1.42. The lowest BCUT2D eigenvalue weighted by Crippen LogP contribution is -2.50. The van der Waals surface area contributed by atoms with Gasteiger partial charge in [-0.1, -0.05) is 0 Å². The van der Waals surface area contributed by atoms with Crippen molar-refractivity contribution in [3.05, 3.63) is 0 Å². The molecule has 2 heterocycles. The Bertz CT molecular complexity index is 297. The second-order valence-corrected chi connectivity index (χ2v) is 6.18. The molecular formula is C15H29N3O2. The summed E-state index contributed by atoms with van der Waals surface area (Å²) in [5.41, 5.74) is 0. The van der Waals surface area contributed by atoms with E-state index in [1.165, 1.54) is 25.9 Å². The first-order valence-electron chi connectivity index (χ1n) is 8.11. The van der Waals surface area contributed by atoms with E-state index in [0.29, 0.717) is 6.04 Å². The zero-order chi connectivity index (χ0) is 14.4. The number of aliphatic hydroxyl groups is 1. The number of amides is 2. The number of hydrogen-bond acceptors (Lipinski definition) is 3. The molecule has 116 valence electrons. The molecule has 20 heavy (non-hydrogen) atoms. The molecule has 0 aromatic heterocycles. The molecule has 2 N–H and O–H groups in total. The number of piperidine rings is 1. The molecule has 0 saturated carbocycles. The van der Waals surface area contributed by atoms with Gasteiger partial charge in [-0.2, -0.15) is 0 Å². The highest BCUT2D eigenvalue weighted by Gasteiger charge is 2.28. The van der Waals surface area contributed by atoms with Crippen LogP contribution in [0.4, 0.5) is 4.79 Å². The summed E-state index contributed by atoms with van der Waals surface area (Å²) in [7, 11) is 0. The molecule has 0 bridgehead atoms. The van der Waals surface area contributed by atoms with E-state index in [1.54, 1.807) is 0 Å². The largest absolute Gasteiger partial charge is 0.396 e. The highest BCUT2D eigenvalue weighted by Crippen LogP contribution is 2.21. The van der Waals surface area contributed by atoms with Gasteiger partial charge in [-0.15, -0.1) is 0 Å². The molecule has 2 saturated heterocycles. The van der Waals surface area contributed by atoms with Gasteiger partial charge >= 0.3 is 6.03 Å². The van der Waals surface area contributed by atoms with Crippen LogP contribution in [0.3, 0.4) is 0 Å². The number of carbonyl (C=O) groups excluding carboxylic acids is 1. The lowest BCUT2D eigenvalue weighted by atomic mass is 10.0. The van der Waals surface area contributed by atoms with E-state index in [2.05, 4.69) is 10.2 Å². The fourth-order valence-electron chi connectivity index (χ4n) is 3.31. The number of urea groups is 1. The second-order valence-electron chi connectivity index (χ2n) is 6.18. The Balaban J connectivity index is 1.68. The third-order valence-corrected chi connectivity index (χ3v) is 4.57. The quantitative estimate of drug-likeness (QED) is 0.802. The molecule has 5 nitrogen and oxygen atoms in total. The van der Waals surface area contributed by atoms with E-state index in [1.807, 2.05) is 11.8 Å². The lowest BCUT2D eigenvalue weighted by Gasteiger charge is -2.37. The van der Waals surface area contributed by atoms with Gasteiger partial charge in [-0.25, -0.2) is 4.79 Å². The Labute approximate surface area is 122 Å². The molecule has 1 unspecified atom stereocenters. The number of rotatable bonds is 5. The third kappa shape index (κ3) is 4.35. The van der Waals surface area contributed by atoms with E-state index < -0.39 is 0 Å². The fourth-order valence-corrected chi connectivity index (χ4v) is 3.31. The molecular weight excluding hydrogens is 254 g/mol. The standard InChI is InChI=1S/C15H29N3O2/c1-13(5-4-12-19)16-15(20)18-10-6-14(7-11-18)17-8-2-3-9-17/h13-14,19H,2-12H2,1H3,(H,16,20). The summed E-state index contributed by atoms with van der Waals surface area (Å²) < 4.78 is 0. The summed E-state index contributed by atoms with van der Waals surface area (Å²) >= 11 is 0. The van der Waals surface area contributed by atoms with Crippen LogP contribution in [0.2, 0.25) is 0 Å². The van der Waals surface area contributed by atoms with Crippen molar-refractivity contribution >= 4 is 6.03 Å². The number of nitrogens with one attached hydrogen (secondary N) is 1. The maximum atomic E-state index is 12.1. The van der Waals surface area contributed by atoms with E-state index >= 15 is 0 Å². The highest BCUT2D eigenvalue weighted by atomic mass is 16.3. The Kier molecular flexibility index (Phi) is 6.10. The van der Waals surface area contributed by atoms with Gasteiger partial charge in [0.25, 0.3) is 0 Å². The number of aliphatic hydroxyl groups excluding tert-OH is 1. The van der Waals surface area contributed by atoms with Crippen LogP contribution in [0.5, 0.6) is 0 Å². The van der Waals surface area contributed by atoms with Crippen LogP contribution < -0.4 is 5.32 Å². The van der Waals surface area contributed by atoms with Crippen LogP contribution in [0, 0.1) is 0 Å². The molecule has 0 aliphatic carbocycles. The van der Waals surface area contributed by atoms with Crippen molar-refractivity contribution in [2.24, 2.45) is 0 Å². The maximum Gasteiger partial charge on any atom is 0.317 e. The van der Waals surface area contributed by atoms with Gasteiger partial charge in [-0.3, -0.25) is 0 Å². The molecule has 2 rings (SSSR count). The van der Waals surface area contributed by atoms with E-state index in [-0.39, 0.29) is 18.7 Å². The average molecular weight is 283 g/mol. The van der Waals surface area contributed by atoms with Crippen LogP contribution in [0.15, 0.2) is 0 Å². The van der Waals surface area contributed by atoms with Crippen molar-refractivity contribution in [2.75, 3.05) is 32.8 Å². The normalized spacial score (nSPS) is 23.0. The monoisotopic (exact) mass is 283 g/mol. The number of likely N-dealkylation sites (tertiary alicyclic amines) is 2. The Morgan fingerprint density at radius 3 is 2.50 bits per heavy atom. The van der Waals surface area contributed by atoms with Crippen molar-refractivity contribution < 1.29 is 9.90 Å². The van der Waals surface area contributed by atoms with Gasteiger partial charge in [0.1, 0.15) is 0 Å². The van der Waals surface area contributed by atoms with Gasteiger partial charge in [0.2, 0.25) is 0 Å². The van der Waals surface area contributed by atoms with Crippen molar-refractivity contribution in [1.29, 1.82) is 0 Å². The van der Waals surface area contributed by atoms with Crippen LogP contribution in [-0.4, -0.2) is 65.8 Å². The summed E-state index contributed by atoms with van der Waals surface area (Å²) in [5.74, 6) is 0. The van der Waals surface area contributed by atoms with E-state index in [0.717, 1.165) is 38.8 Å². The van der Waals surface area contributed by atoms with Crippen molar-refractivity contribution in [2.45, 2.75) is 57.5 Å². The second kappa shape index (κ2) is 7.84. The van der Waals surface area contributed by atoms with Crippen LogP contribution in [-0.2, 0) is 0 Å². The summed E-state index contributed by atoms with van der Waals surface area (Å²) in [5, 5.41) is 11.8. The Hall–Kier alpha value is -0.810. The minimum absolute atomic E-state index is 0.0651. The maximum absolute atomic E-state index is 12.1. The van der Waals surface area contributed by atoms with Gasteiger partial charge in [0, 0.05) is 31.8 Å². The van der Waals surface area contributed by atoms with Crippen LogP contribution >= 0.6 is 0 Å². The summed E-state index contributed by atoms with van der Waals surface area (Å²) in [6, 6.07) is 0.898. The molecule has 2 aliphatic heterocycles. The third-order valence-electron chi connectivity index (χ3n) is 4.57. The smallest absolute Gasteiger partial charge is 0.317 e. The molecule has 2 aliphatic rings. The van der Waals surface area contributed by atoms with Gasteiger partial charge in [0.15, 0.2) is 0 Å². The van der Waals surface area contributed by atoms with Gasteiger partial charge in [-0.05, 0) is 58.5 Å². The SMILES string of the molecule is CC(CCCO)NC(=O)N1CCC(N2CCCC2)CC1. The minimum atomic E-state index is 0.0651. The van der Waals surface area contributed by atoms with Crippen molar-refractivity contribution in [3.8, 4) is 0 Å². The Morgan fingerprint density at radius 2 is 1.90 bits per heavy atom. The predicted molar refractivity (Wildman–Crippen MR) is 79.7 cm³/mol. The van der Waals surface area contributed by atoms with E-state index in [9.17, 15) is 4.79 Å². The highest BCUT2D eigenvalue weighted by molar-refractivity contribution is 5.74. The summed E-state index contributed by atoms with van der Waals surface area (Å²) in [4.78, 5) is 16.7. The molecule has 0 spiro atoms. The molecule has 0 aromatic carbocycles. The van der Waals surface area contributed by atoms with Crippen molar-refractivity contribution in [3.63, 3.8) is 0 Å². The number of nitrogens with zero attached hydrogens (tertiary/aromatic N) is 2. The minimum Gasteiger partial charge on any atom is -0.396 e. The van der Waals surface area contributed by atoms with Crippen LogP contribution in [0.1, 0.15) is 45.4 Å². The molecule has 0 aromatic rings. The summed E-state index contributed by atoms with van der Waals surface area (Å²) in [6.07, 6.45) is 6.48. The zero-order valence-electron chi connectivity index (χ0n) is 12.7.